The number of carbonyl (C=O) groups excluding carboxylic acids is 1. The molecule has 0 saturated heterocycles. The molecule has 0 saturated carbocycles. The van der Waals surface area contributed by atoms with Gasteiger partial charge in [0, 0.05) is 28.6 Å². The summed E-state index contributed by atoms with van der Waals surface area (Å²) in [5.74, 6) is -0.193. The number of esters is 1. The first-order chi connectivity index (χ1) is 14.5. The van der Waals surface area contributed by atoms with Crippen LogP contribution in [0.5, 0.6) is 5.75 Å². The maximum atomic E-state index is 12.8. The quantitative estimate of drug-likeness (QED) is 0.536. The van der Waals surface area contributed by atoms with E-state index in [9.17, 15) is 18.0 Å². The maximum absolute atomic E-state index is 12.8. The number of nitrogens with one attached hydrogen (secondary N) is 1. The number of carbonyl (C=O) groups is 1. The van der Waals surface area contributed by atoms with Gasteiger partial charge >= 0.3 is 5.97 Å². The number of halogens is 2. The van der Waals surface area contributed by atoms with Crippen molar-refractivity contribution in [3.63, 3.8) is 0 Å². The van der Waals surface area contributed by atoms with Gasteiger partial charge in [0.05, 0.1) is 22.5 Å². The zero-order chi connectivity index (χ0) is 22.9. The van der Waals surface area contributed by atoms with Crippen LogP contribution >= 0.6 is 23.2 Å². The van der Waals surface area contributed by atoms with E-state index in [1.165, 1.54) is 19.2 Å². The smallest absolute Gasteiger partial charge is 0.343 e. The number of rotatable bonds is 6. The van der Waals surface area contributed by atoms with Gasteiger partial charge in [0.25, 0.3) is 5.56 Å². The van der Waals surface area contributed by atoms with Crippen LogP contribution in [0.25, 0.3) is 10.9 Å². The van der Waals surface area contributed by atoms with E-state index in [4.69, 9.17) is 27.9 Å². The molecule has 0 bridgehead atoms. The molecule has 0 amide bonds. The van der Waals surface area contributed by atoms with E-state index >= 15 is 0 Å². The van der Waals surface area contributed by atoms with E-state index in [2.05, 4.69) is 9.72 Å². The van der Waals surface area contributed by atoms with Gasteiger partial charge in [0.2, 0.25) is 0 Å². The molecule has 2 aromatic carbocycles. The molecule has 3 aromatic rings. The minimum atomic E-state index is -3.41. The highest BCUT2D eigenvalue weighted by Gasteiger charge is 2.18. The molecule has 31 heavy (non-hydrogen) atoms. The summed E-state index contributed by atoms with van der Waals surface area (Å²) in [4.78, 5) is 27.1. The van der Waals surface area contributed by atoms with Crippen molar-refractivity contribution in [3.8, 4) is 5.75 Å². The second-order valence-electron chi connectivity index (χ2n) is 6.92. The molecule has 0 unspecified atom stereocenters. The molecule has 10 heteroatoms. The summed E-state index contributed by atoms with van der Waals surface area (Å²) >= 11 is 12.6. The third-order valence-corrected chi connectivity index (χ3v) is 6.63. The third-order valence-electron chi connectivity index (χ3n) is 4.85. The second-order valence-corrected chi connectivity index (χ2v) is 9.75. The number of fused-ring (bicyclic) bond motifs is 1. The number of hydrogen-bond donors (Lipinski definition) is 1. The summed E-state index contributed by atoms with van der Waals surface area (Å²) in [5.41, 5.74) is 1.62. The molecule has 0 atom stereocenters. The summed E-state index contributed by atoms with van der Waals surface area (Å²) in [6.45, 7) is 1.44. The number of H-pyrrole nitrogens is 1. The number of benzene rings is 2. The highest BCUT2D eigenvalue weighted by molar-refractivity contribution is 7.90. The topological polar surface area (TPSA) is 103 Å². The largest absolute Gasteiger partial charge is 0.481 e. The Bertz CT molecular complexity index is 1350. The molecule has 0 aliphatic rings. The monoisotopic (exact) mass is 483 g/mol. The molecule has 0 aliphatic heterocycles. The lowest BCUT2D eigenvalue weighted by Crippen LogP contribution is -2.17. The lowest BCUT2D eigenvalue weighted by atomic mass is 9.98. The van der Waals surface area contributed by atoms with Crippen LogP contribution in [0.15, 0.2) is 40.0 Å². The molecule has 1 aromatic heterocycles. The minimum Gasteiger partial charge on any atom is -0.481 e. The van der Waals surface area contributed by atoms with E-state index < -0.39 is 15.8 Å². The number of pyridine rings is 1. The Labute approximate surface area is 188 Å². The highest BCUT2D eigenvalue weighted by atomic mass is 35.5. The van der Waals surface area contributed by atoms with Crippen molar-refractivity contribution in [3.05, 3.63) is 67.4 Å². The van der Waals surface area contributed by atoms with E-state index in [0.29, 0.717) is 38.4 Å². The molecule has 0 radical (unpaired) electrons. The van der Waals surface area contributed by atoms with Crippen LogP contribution in [-0.2, 0) is 25.8 Å². The predicted molar refractivity (Wildman–Crippen MR) is 119 cm³/mol. The van der Waals surface area contributed by atoms with Crippen LogP contribution in [0.1, 0.15) is 16.7 Å². The maximum Gasteiger partial charge on any atom is 0.343 e. The number of aromatic nitrogens is 1. The number of aromatic amines is 1. The van der Waals surface area contributed by atoms with E-state index in [1.54, 1.807) is 25.1 Å². The minimum absolute atomic E-state index is 0.0932. The average Bonchev–Trinajstić information content (AvgIpc) is 2.70. The molecule has 0 aliphatic carbocycles. The highest BCUT2D eigenvalue weighted by Crippen LogP contribution is 2.34. The van der Waals surface area contributed by atoms with Crippen LogP contribution in [0.4, 0.5) is 0 Å². The standard InChI is InChI=1S/C21H19Cl2NO6S/c1-11-14(8-12-4-5-13(9-16(12)23)31(3,27)28)21(26)24-20-15(22)6-7-17(19(11)20)30-10-18(25)29-2/h4-7,9H,8,10H2,1-3H3,(H,24,26). The van der Waals surface area contributed by atoms with Crippen molar-refractivity contribution in [2.24, 2.45) is 0 Å². The lowest BCUT2D eigenvalue weighted by molar-refractivity contribution is -0.142. The van der Waals surface area contributed by atoms with Gasteiger partial charge in [-0.15, -0.1) is 0 Å². The van der Waals surface area contributed by atoms with E-state index in [-0.39, 0.29) is 28.5 Å². The van der Waals surface area contributed by atoms with Gasteiger partial charge in [-0.3, -0.25) is 4.79 Å². The van der Waals surface area contributed by atoms with Crippen molar-refractivity contribution in [2.75, 3.05) is 20.0 Å². The first-order valence-corrected chi connectivity index (χ1v) is 11.7. The van der Waals surface area contributed by atoms with Gasteiger partial charge in [-0.1, -0.05) is 29.3 Å². The number of sulfone groups is 1. The fourth-order valence-electron chi connectivity index (χ4n) is 3.18. The molecule has 0 fully saturated rings. The Morgan fingerprint density at radius 2 is 1.84 bits per heavy atom. The van der Waals surface area contributed by atoms with Crippen LogP contribution in [0.2, 0.25) is 10.0 Å². The molecule has 164 valence electrons. The molecular weight excluding hydrogens is 465 g/mol. The molecular formula is C21H19Cl2NO6S. The lowest BCUT2D eigenvalue weighted by Gasteiger charge is -2.15. The van der Waals surface area contributed by atoms with Crippen molar-refractivity contribution in [1.82, 2.24) is 4.98 Å². The summed E-state index contributed by atoms with van der Waals surface area (Å²) in [5, 5.41) is 1.10. The van der Waals surface area contributed by atoms with Crippen LogP contribution < -0.4 is 10.3 Å². The summed E-state index contributed by atoms with van der Waals surface area (Å²) in [7, 11) is -2.15. The first-order valence-electron chi connectivity index (χ1n) is 9.05. The van der Waals surface area contributed by atoms with Gasteiger partial charge in [0.15, 0.2) is 16.4 Å². The second kappa shape index (κ2) is 8.90. The molecule has 3 rings (SSSR count). The zero-order valence-corrected chi connectivity index (χ0v) is 19.2. The van der Waals surface area contributed by atoms with Gasteiger partial charge < -0.3 is 14.5 Å². The van der Waals surface area contributed by atoms with E-state index in [0.717, 1.165) is 6.26 Å². The molecule has 1 heterocycles. The molecule has 1 N–H and O–H groups in total. The normalized spacial score (nSPS) is 11.5. The van der Waals surface area contributed by atoms with Crippen molar-refractivity contribution in [1.29, 1.82) is 0 Å². The Hall–Kier alpha value is -2.55. The molecule has 0 spiro atoms. The van der Waals surface area contributed by atoms with Gasteiger partial charge in [-0.25, -0.2) is 13.2 Å². The Kier molecular flexibility index (Phi) is 6.64. The Balaban J connectivity index is 2.11. The first kappa shape index (κ1) is 23.1. The van der Waals surface area contributed by atoms with Crippen LogP contribution in [0, 0.1) is 6.92 Å². The zero-order valence-electron chi connectivity index (χ0n) is 16.9. The van der Waals surface area contributed by atoms with Gasteiger partial charge in [0.1, 0.15) is 5.75 Å². The number of methoxy groups -OCH3 is 1. The fourth-order valence-corrected chi connectivity index (χ4v) is 4.35. The number of ether oxygens (including phenoxy) is 2. The predicted octanol–water partition coefficient (Wildman–Crippen LogP) is 3.69. The third kappa shape index (κ3) is 4.87. The Morgan fingerprint density at radius 1 is 1.13 bits per heavy atom. The fraction of sp³-hybridized carbons (Fsp3) is 0.238. The van der Waals surface area contributed by atoms with Crippen LogP contribution in [0.3, 0.4) is 0 Å². The van der Waals surface area contributed by atoms with Crippen molar-refractivity contribution >= 4 is 49.9 Å². The SMILES string of the molecule is COC(=O)COc1ccc(Cl)c2[nH]c(=O)c(Cc3ccc(S(C)(=O)=O)cc3Cl)c(C)c12. The van der Waals surface area contributed by atoms with Crippen molar-refractivity contribution in [2.45, 2.75) is 18.2 Å². The summed E-state index contributed by atoms with van der Waals surface area (Å²) in [6, 6.07) is 7.55. The molecule has 7 nitrogen and oxygen atoms in total. The number of aryl methyl sites for hydroxylation is 1. The Morgan fingerprint density at radius 3 is 2.45 bits per heavy atom. The summed E-state index contributed by atoms with van der Waals surface area (Å²) < 4.78 is 33.7. The average molecular weight is 484 g/mol. The van der Waals surface area contributed by atoms with E-state index in [1.807, 2.05) is 0 Å². The number of hydrogen-bond acceptors (Lipinski definition) is 6. The van der Waals surface area contributed by atoms with Gasteiger partial charge in [-0.05, 0) is 42.3 Å². The van der Waals surface area contributed by atoms with Gasteiger partial charge in [-0.2, -0.15) is 0 Å². The van der Waals surface area contributed by atoms with Crippen molar-refractivity contribution < 1.29 is 22.7 Å². The van der Waals surface area contributed by atoms with Crippen LogP contribution in [-0.4, -0.2) is 39.3 Å². The summed E-state index contributed by atoms with van der Waals surface area (Å²) in [6.07, 6.45) is 1.25.